The number of methoxy groups -OCH3 is 1. The molecule has 1 rings (SSSR count). The Morgan fingerprint density at radius 1 is 1.16 bits per heavy atom. The van der Waals surface area contributed by atoms with E-state index in [2.05, 4.69) is 21.2 Å². The zero-order valence-electron chi connectivity index (χ0n) is 12.0. The third-order valence-corrected chi connectivity index (χ3v) is 4.61. The standard InChI is InChI=1S/C14H20BrF2NO/c1-8-9(2)13(19-5)11(10(3)12(8)15)14(16,17)6-7-18-4/h18H,6-7H2,1-5H3. The van der Waals surface area contributed by atoms with E-state index < -0.39 is 5.92 Å². The van der Waals surface area contributed by atoms with Crippen LogP contribution >= 0.6 is 15.9 Å². The van der Waals surface area contributed by atoms with Gasteiger partial charge >= 0.3 is 0 Å². The number of hydrogen-bond donors (Lipinski definition) is 1. The average molecular weight is 336 g/mol. The van der Waals surface area contributed by atoms with Gasteiger partial charge in [0.15, 0.2) is 0 Å². The van der Waals surface area contributed by atoms with E-state index in [1.165, 1.54) is 7.11 Å². The Labute approximate surface area is 121 Å². The van der Waals surface area contributed by atoms with E-state index >= 15 is 0 Å². The van der Waals surface area contributed by atoms with Gasteiger partial charge in [-0.05, 0) is 44.5 Å². The first kappa shape index (κ1) is 16.4. The van der Waals surface area contributed by atoms with Crippen molar-refractivity contribution in [1.82, 2.24) is 5.32 Å². The van der Waals surface area contributed by atoms with Crippen LogP contribution in [0.4, 0.5) is 8.78 Å². The van der Waals surface area contributed by atoms with Crippen LogP contribution in [0.2, 0.25) is 0 Å². The van der Waals surface area contributed by atoms with Gasteiger partial charge in [-0.25, -0.2) is 8.78 Å². The third kappa shape index (κ3) is 3.08. The molecule has 1 aromatic carbocycles. The molecule has 0 aromatic heterocycles. The normalized spacial score (nSPS) is 11.8. The van der Waals surface area contributed by atoms with Crippen LogP contribution in [0.15, 0.2) is 4.47 Å². The van der Waals surface area contributed by atoms with Gasteiger partial charge in [-0.3, -0.25) is 0 Å². The zero-order valence-corrected chi connectivity index (χ0v) is 13.5. The lowest BCUT2D eigenvalue weighted by Crippen LogP contribution is -2.23. The molecule has 0 unspecified atom stereocenters. The molecule has 1 aromatic rings. The molecule has 0 aliphatic rings. The fourth-order valence-corrected chi connectivity index (χ4v) is 2.68. The van der Waals surface area contributed by atoms with Gasteiger partial charge < -0.3 is 10.1 Å². The molecule has 0 bridgehead atoms. The van der Waals surface area contributed by atoms with E-state index in [0.29, 0.717) is 11.3 Å². The van der Waals surface area contributed by atoms with Gasteiger partial charge in [0.2, 0.25) is 0 Å². The van der Waals surface area contributed by atoms with E-state index in [0.717, 1.165) is 15.6 Å². The Morgan fingerprint density at radius 2 is 1.74 bits per heavy atom. The molecule has 0 aliphatic carbocycles. The maximum atomic E-state index is 14.4. The molecule has 0 aliphatic heterocycles. The predicted octanol–water partition coefficient (Wildman–Crippen LogP) is 4.08. The number of alkyl halides is 2. The lowest BCUT2D eigenvalue weighted by atomic mass is 9.93. The molecule has 0 radical (unpaired) electrons. The van der Waals surface area contributed by atoms with Crippen LogP contribution in [0.25, 0.3) is 0 Å². The number of hydrogen-bond acceptors (Lipinski definition) is 2. The van der Waals surface area contributed by atoms with Crippen LogP contribution in [0, 0.1) is 20.8 Å². The van der Waals surface area contributed by atoms with Crippen molar-refractivity contribution in [2.24, 2.45) is 0 Å². The van der Waals surface area contributed by atoms with Crippen LogP contribution < -0.4 is 10.1 Å². The molecular weight excluding hydrogens is 316 g/mol. The van der Waals surface area contributed by atoms with Gasteiger partial charge in [0.25, 0.3) is 5.92 Å². The molecule has 0 atom stereocenters. The summed E-state index contributed by atoms with van der Waals surface area (Å²) in [5.41, 5.74) is 2.21. The first-order valence-electron chi connectivity index (χ1n) is 6.14. The van der Waals surface area contributed by atoms with Gasteiger partial charge in [-0.1, -0.05) is 15.9 Å². The number of rotatable bonds is 5. The lowest BCUT2D eigenvalue weighted by molar-refractivity contribution is -0.0152. The molecule has 1 N–H and O–H groups in total. The Bertz CT molecular complexity index is 475. The molecule has 0 amide bonds. The van der Waals surface area contributed by atoms with Crippen LogP contribution in [0.1, 0.15) is 28.7 Å². The van der Waals surface area contributed by atoms with E-state index in [1.807, 2.05) is 6.92 Å². The highest BCUT2D eigenvalue weighted by Crippen LogP contribution is 2.45. The van der Waals surface area contributed by atoms with Crippen LogP contribution in [0.5, 0.6) is 5.75 Å². The Morgan fingerprint density at radius 3 is 2.21 bits per heavy atom. The molecule has 0 heterocycles. The minimum atomic E-state index is -2.92. The highest BCUT2D eigenvalue weighted by atomic mass is 79.9. The van der Waals surface area contributed by atoms with E-state index in [4.69, 9.17) is 4.74 Å². The van der Waals surface area contributed by atoms with Crippen molar-refractivity contribution in [3.8, 4) is 5.75 Å². The maximum Gasteiger partial charge on any atom is 0.278 e. The number of nitrogens with one attached hydrogen (secondary N) is 1. The van der Waals surface area contributed by atoms with E-state index in [1.54, 1.807) is 20.9 Å². The predicted molar refractivity (Wildman–Crippen MR) is 77.3 cm³/mol. The zero-order chi connectivity index (χ0) is 14.8. The fraction of sp³-hybridized carbons (Fsp3) is 0.571. The van der Waals surface area contributed by atoms with Crippen molar-refractivity contribution >= 4 is 15.9 Å². The van der Waals surface area contributed by atoms with Crippen LogP contribution in [0.3, 0.4) is 0 Å². The van der Waals surface area contributed by atoms with Crippen molar-refractivity contribution in [1.29, 1.82) is 0 Å². The minimum Gasteiger partial charge on any atom is -0.496 e. The molecule has 0 saturated heterocycles. The van der Waals surface area contributed by atoms with Gasteiger partial charge in [-0.15, -0.1) is 0 Å². The Hall–Kier alpha value is -0.680. The Balaban J connectivity index is 3.49. The van der Waals surface area contributed by atoms with Gasteiger partial charge in [0.05, 0.1) is 12.7 Å². The summed E-state index contributed by atoms with van der Waals surface area (Å²) in [7, 11) is 3.10. The molecule has 108 valence electrons. The summed E-state index contributed by atoms with van der Waals surface area (Å²) in [6, 6.07) is 0. The van der Waals surface area contributed by atoms with E-state index in [-0.39, 0.29) is 18.5 Å². The van der Waals surface area contributed by atoms with Crippen molar-refractivity contribution in [2.75, 3.05) is 20.7 Å². The van der Waals surface area contributed by atoms with Gasteiger partial charge in [0, 0.05) is 17.4 Å². The number of benzene rings is 1. The molecule has 2 nitrogen and oxygen atoms in total. The molecule has 19 heavy (non-hydrogen) atoms. The molecule has 0 saturated carbocycles. The average Bonchev–Trinajstić information content (AvgIpc) is 2.37. The summed E-state index contributed by atoms with van der Waals surface area (Å²) in [6.07, 6.45) is -0.254. The molecular formula is C14H20BrF2NO. The molecule has 5 heteroatoms. The largest absolute Gasteiger partial charge is 0.496 e. The van der Waals surface area contributed by atoms with Gasteiger partial charge in [0.1, 0.15) is 5.75 Å². The van der Waals surface area contributed by atoms with Crippen LogP contribution in [-0.4, -0.2) is 20.7 Å². The quantitative estimate of drug-likeness (QED) is 0.875. The van der Waals surface area contributed by atoms with Gasteiger partial charge in [-0.2, -0.15) is 0 Å². The summed E-state index contributed by atoms with van der Waals surface area (Å²) >= 11 is 3.40. The highest BCUT2D eigenvalue weighted by Gasteiger charge is 2.37. The maximum absolute atomic E-state index is 14.4. The summed E-state index contributed by atoms with van der Waals surface area (Å²) in [6.45, 7) is 5.64. The van der Waals surface area contributed by atoms with Crippen LogP contribution in [-0.2, 0) is 5.92 Å². The van der Waals surface area contributed by atoms with Crippen molar-refractivity contribution in [3.05, 3.63) is 26.7 Å². The Kier molecular flexibility index (Phi) is 5.33. The summed E-state index contributed by atoms with van der Waals surface area (Å²) < 4.78 is 34.8. The highest BCUT2D eigenvalue weighted by molar-refractivity contribution is 9.10. The van der Waals surface area contributed by atoms with E-state index in [9.17, 15) is 8.78 Å². The fourth-order valence-electron chi connectivity index (χ4n) is 2.19. The SMILES string of the molecule is CNCCC(F)(F)c1c(C)c(Br)c(C)c(C)c1OC. The monoisotopic (exact) mass is 335 g/mol. The second-order valence-corrected chi connectivity index (χ2v) is 5.45. The molecule has 0 spiro atoms. The summed E-state index contributed by atoms with van der Waals surface area (Å²) in [5, 5.41) is 2.76. The number of ether oxygens (including phenoxy) is 1. The number of halogens is 3. The summed E-state index contributed by atoms with van der Waals surface area (Å²) in [4.78, 5) is 0. The second-order valence-electron chi connectivity index (χ2n) is 4.66. The minimum absolute atomic E-state index is 0.0137. The first-order valence-corrected chi connectivity index (χ1v) is 6.93. The van der Waals surface area contributed by atoms with Crippen molar-refractivity contribution < 1.29 is 13.5 Å². The third-order valence-electron chi connectivity index (χ3n) is 3.42. The lowest BCUT2D eigenvalue weighted by Gasteiger charge is -2.25. The first-order chi connectivity index (χ1) is 8.77. The van der Waals surface area contributed by atoms with Crippen molar-refractivity contribution in [3.63, 3.8) is 0 Å². The second kappa shape index (κ2) is 6.18. The smallest absolute Gasteiger partial charge is 0.278 e. The molecule has 0 fully saturated rings. The van der Waals surface area contributed by atoms with Crippen molar-refractivity contribution in [2.45, 2.75) is 33.1 Å². The summed E-state index contributed by atoms with van der Waals surface area (Å²) in [5.74, 6) is -2.63. The topological polar surface area (TPSA) is 21.3 Å².